The number of imidazole rings is 1. The number of aliphatic hydroxyl groups is 1. The molecule has 0 aliphatic heterocycles. The number of aromatic amines is 1. The van der Waals surface area contributed by atoms with E-state index in [1.54, 1.807) is 23.5 Å². The van der Waals surface area contributed by atoms with Crippen LogP contribution in [-0.2, 0) is 0 Å². The zero-order valence-corrected chi connectivity index (χ0v) is 15.1. The lowest BCUT2D eigenvalue weighted by Crippen LogP contribution is -1.94. The van der Waals surface area contributed by atoms with Crippen LogP contribution in [0.1, 0.15) is 13.8 Å². The Morgan fingerprint density at radius 1 is 1.39 bits per heavy atom. The van der Waals surface area contributed by atoms with Gasteiger partial charge in [0.1, 0.15) is 0 Å². The molecule has 122 valence electrons. The molecule has 2 N–H and O–H groups in total. The van der Waals surface area contributed by atoms with E-state index in [0.29, 0.717) is 5.75 Å². The first kappa shape index (κ1) is 17.9. The Kier molecular flexibility index (Phi) is 7.02. The minimum atomic E-state index is 0.187. The average Bonchev–Trinajstić information content (AvgIpc) is 2.99. The number of fused-ring (bicyclic) bond motifs is 1. The summed E-state index contributed by atoms with van der Waals surface area (Å²) in [6.45, 7) is 8.26. The topological polar surface area (TPSA) is 48.9 Å². The van der Waals surface area contributed by atoms with Crippen molar-refractivity contribution in [1.82, 2.24) is 9.97 Å². The van der Waals surface area contributed by atoms with Crippen LogP contribution < -0.4 is 0 Å². The Labute approximate surface area is 146 Å². The Bertz CT molecular complexity index is 698. The molecule has 1 aromatic heterocycles. The van der Waals surface area contributed by atoms with E-state index in [0.717, 1.165) is 21.9 Å². The van der Waals surface area contributed by atoms with E-state index < -0.39 is 0 Å². The van der Waals surface area contributed by atoms with Crippen LogP contribution in [0.25, 0.3) is 11.0 Å². The van der Waals surface area contributed by atoms with E-state index in [1.807, 2.05) is 37.3 Å². The smallest absolute Gasteiger partial charge is 0.166 e. The van der Waals surface area contributed by atoms with Gasteiger partial charge < -0.3 is 10.1 Å². The summed E-state index contributed by atoms with van der Waals surface area (Å²) in [5.41, 5.74) is 4.45. The second-order valence-electron chi connectivity index (χ2n) is 4.93. The highest BCUT2D eigenvalue weighted by atomic mass is 32.2. The number of aromatic nitrogens is 2. The largest absolute Gasteiger partial charge is 0.396 e. The fraction of sp³-hybridized carbons (Fsp3) is 0.278. The normalized spacial score (nSPS) is 13.3. The zero-order chi connectivity index (χ0) is 16.7. The number of allylic oxidation sites excluding steroid dienone is 3. The van der Waals surface area contributed by atoms with Crippen molar-refractivity contribution in [2.75, 3.05) is 18.1 Å². The molecule has 0 spiro atoms. The minimum Gasteiger partial charge on any atom is -0.396 e. The molecule has 0 saturated heterocycles. The molecule has 3 nitrogen and oxygen atoms in total. The molecule has 0 saturated carbocycles. The Hall–Kier alpha value is -1.43. The van der Waals surface area contributed by atoms with E-state index in [4.69, 9.17) is 5.11 Å². The SMILES string of the molecule is C=C/C(CSc1nc2ccccc2[nH]1)=C(C)\C(=C/C)SCCO. The van der Waals surface area contributed by atoms with Gasteiger partial charge in [-0.3, -0.25) is 0 Å². The van der Waals surface area contributed by atoms with E-state index in [-0.39, 0.29) is 6.61 Å². The first-order chi connectivity index (χ1) is 11.2. The molecule has 1 heterocycles. The predicted octanol–water partition coefficient (Wildman–Crippen LogP) is 4.79. The van der Waals surface area contributed by atoms with Crippen LogP contribution in [0.5, 0.6) is 0 Å². The van der Waals surface area contributed by atoms with Crippen molar-refractivity contribution < 1.29 is 5.11 Å². The molecule has 0 aliphatic carbocycles. The lowest BCUT2D eigenvalue weighted by Gasteiger charge is -2.11. The van der Waals surface area contributed by atoms with Crippen LogP contribution >= 0.6 is 23.5 Å². The molecule has 0 radical (unpaired) electrons. The second kappa shape index (κ2) is 9.01. The Morgan fingerprint density at radius 3 is 2.83 bits per heavy atom. The summed E-state index contributed by atoms with van der Waals surface area (Å²) in [4.78, 5) is 9.12. The Morgan fingerprint density at radius 2 is 2.17 bits per heavy atom. The quantitative estimate of drug-likeness (QED) is 0.533. The van der Waals surface area contributed by atoms with Crippen LogP contribution in [0, 0.1) is 0 Å². The summed E-state index contributed by atoms with van der Waals surface area (Å²) in [5.74, 6) is 1.52. The number of hydrogen-bond donors (Lipinski definition) is 2. The average molecular weight is 347 g/mol. The van der Waals surface area contributed by atoms with Crippen molar-refractivity contribution in [3.05, 3.63) is 59.0 Å². The molecule has 0 unspecified atom stereocenters. The number of hydrogen-bond acceptors (Lipinski definition) is 4. The molecule has 2 rings (SSSR count). The molecule has 0 amide bonds. The molecule has 0 atom stereocenters. The van der Waals surface area contributed by atoms with Gasteiger partial charge in [-0.2, -0.15) is 0 Å². The van der Waals surface area contributed by atoms with Gasteiger partial charge >= 0.3 is 0 Å². The third-order valence-electron chi connectivity index (χ3n) is 3.44. The second-order valence-corrected chi connectivity index (χ2v) is 7.03. The zero-order valence-electron chi connectivity index (χ0n) is 13.5. The molecule has 5 heteroatoms. The van der Waals surface area contributed by atoms with Crippen LogP contribution in [0.2, 0.25) is 0 Å². The van der Waals surface area contributed by atoms with Crippen molar-refractivity contribution >= 4 is 34.6 Å². The lowest BCUT2D eigenvalue weighted by atomic mass is 10.1. The van der Waals surface area contributed by atoms with Gasteiger partial charge in [-0.25, -0.2) is 4.98 Å². The summed E-state index contributed by atoms with van der Waals surface area (Å²) in [6, 6.07) is 8.04. The molecule has 1 aromatic carbocycles. The fourth-order valence-electron chi connectivity index (χ4n) is 2.19. The van der Waals surface area contributed by atoms with Gasteiger partial charge in [0.15, 0.2) is 5.16 Å². The number of thioether (sulfide) groups is 2. The molecule has 0 fully saturated rings. The molecule has 2 aromatic rings. The summed E-state index contributed by atoms with van der Waals surface area (Å²) < 4.78 is 0. The van der Waals surface area contributed by atoms with Gasteiger partial charge in [-0.1, -0.05) is 42.6 Å². The van der Waals surface area contributed by atoms with Crippen LogP contribution in [0.15, 0.2) is 64.2 Å². The molecule has 0 bridgehead atoms. The number of rotatable bonds is 8. The Balaban J connectivity index is 2.11. The van der Waals surface area contributed by atoms with Crippen molar-refractivity contribution in [3.8, 4) is 0 Å². The van der Waals surface area contributed by atoms with Crippen LogP contribution in [0.3, 0.4) is 0 Å². The van der Waals surface area contributed by atoms with E-state index in [1.165, 1.54) is 16.1 Å². The van der Waals surface area contributed by atoms with Gasteiger partial charge in [0.25, 0.3) is 0 Å². The number of nitrogens with one attached hydrogen (secondary N) is 1. The van der Waals surface area contributed by atoms with Crippen molar-refractivity contribution in [3.63, 3.8) is 0 Å². The third kappa shape index (κ3) is 4.77. The van der Waals surface area contributed by atoms with E-state index >= 15 is 0 Å². The fourth-order valence-corrected chi connectivity index (χ4v) is 3.98. The molecular formula is C18H22N2OS2. The maximum absolute atomic E-state index is 9.01. The van der Waals surface area contributed by atoms with E-state index in [9.17, 15) is 0 Å². The molecule has 0 aliphatic rings. The maximum atomic E-state index is 9.01. The first-order valence-corrected chi connectivity index (χ1v) is 9.46. The van der Waals surface area contributed by atoms with Gasteiger partial charge in [-0.05, 0) is 37.1 Å². The summed E-state index contributed by atoms with van der Waals surface area (Å²) in [7, 11) is 0. The minimum absolute atomic E-state index is 0.187. The maximum Gasteiger partial charge on any atom is 0.166 e. The summed E-state index contributed by atoms with van der Waals surface area (Å²) in [5, 5.41) is 9.93. The monoisotopic (exact) mass is 346 g/mol. The van der Waals surface area contributed by atoms with Crippen molar-refractivity contribution in [2.45, 2.75) is 19.0 Å². The number of para-hydroxylation sites is 2. The molecular weight excluding hydrogens is 324 g/mol. The number of H-pyrrole nitrogens is 1. The van der Waals surface area contributed by atoms with E-state index in [2.05, 4.69) is 29.5 Å². The van der Waals surface area contributed by atoms with Gasteiger partial charge in [0.2, 0.25) is 0 Å². The summed E-state index contributed by atoms with van der Waals surface area (Å²) >= 11 is 3.35. The number of nitrogens with zero attached hydrogens (tertiary/aromatic N) is 1. The van der Waals surface area contributed by atoms with Crippen LogP contribution in [-0.4, -0.2) is 33.2 Å². The highest BCUT2D eigenvalue weighted by Gasteiger charge is 2.08. The lowest BCUT2D eigenvalue weighted by molar-refractivity contribution is 0.322. The molecule has 23 heavy (non-hydrogen) atoms. The highest BCUT2D eigenvalue weighted by molar-refractivity contribution is 8.03. The third-order valence-corrected chi connectivity index (χ3v) is 5.60. The van der Waals surface area contributed by atoms with Crippen LogP contribution in [0.4, 0.5) is 0 Å². The van der Waals surface area contributed by atoms with Crippen molar-refractivity contribution in [2.24, 2.45) is 0 Å². The van der Waals surface area contributed by atoms with Gasteiger partial charge in [-0.15, -0.1) is 11.8 Å². The highest BCUT2D eigenvalue weighted by Crippen LogP contribution is 2.29. The predicted molar refractivity (Wildman–Crippen MR) is 103 cm³/mol. The van der Waals surface area contributed by atoms with Gasteiger partial charge in [0, 0.05) is 16.4 Å². The van der Waals surface area contributed by atoms with Gasteiger partial charge in [0.05, 0.1) is 17.6 Å². The standard InChI is InChI=1S/C18H22N2OS2/c1-4-14(13(3)17(5-2)22-11-10-21)12-23-18-19-15-8-6-7-9-16(15)20-18/h4-9,21H,1,10-12H2,2-3H3,(H,19,20)/b14-13+,17-5+. The summed E-state index contributed by atoms with van der Waals surface area (Å²) in [6.07, 6.45) is 4.00. The van der Waals surface area contributed by atoms with Crippen molar-refractivity contribution in [1.29, 1.82) is 0 Å². The number of benzene rings is 1. The first-order valence-electron chi connectivity index (χ1n) is 7.49. The number of aliphatic hydroxyl groups excluding tert-OH is 1.